The molecule has 0 unspecified atom stereocenters. The van der Waals surface area contributed by atoms with Crippen LogP contribution in [-0.4, -0.2) is 22.1 Å². The van der Waals surface area contributed by atoms with Crippen molar-refractivity contribution in [1.29, 1.82) is 0 Å². The first-order chi connectivity index (χ1) is 10.1. The highest BCUT2D eigenvalue weighted by Crippen LogP contribution is 2.18. The van der Waals surface area contributed by atoms with Gasteiger partial charge in [-0.15, -0.1) is 0 Å². The Morgan fingerprint density at radius 3 is 2.71 bits per heavy atom. The number of aromatic nitrogens is 1. The van der Waals surface area contributed by atoms with Crippen molar-refractivity contribution < 1.29 is 19.5 Å². The van der Waals surface area contributed by atoms with Crippen LogP contribution in [0.2, 0.25) is 0 Å². The summed E-state index contributed by atoms with van der Waals surface area (Å²) >= 11 is 0. The zero-order valence-electron chi connectivity index (χ0n) is 10.9. The minimum Gasteiger partial charge on any atom is -0.411 e. The maximum atomic E-state index is 12.3. The molecule has 0 bridgehead atoms. The van der Waals surface area contributed by atoms with Crippen LogP contribution in [0.15, 0.2) is 53.8 Å². The van der Waals surface area contributed by atoms with E-state index in [2.05, 4.69) is 5.16 Å². The van der Waals surface area contributed by atoms with Gasteiger partial charge in [0, 0.05) is 18.2 Å². The number of rotatable bonds is 5. The molecule has 0 saturated heterocycles. The fourth-order valence-corrected chi connectivity index (χ4v) is 1.92. The van der Waals surface area contributed by atoms with Gasteiger partial charge in [0.2, 0.25) is 18.0 Å². The first-order valence-electron chi connectivity index (χ1n) is 6.06. The van der Waals surface area contributed by atoms with E-state index in [1.807, 2.05) is 0 Å². The number of carbonyl (C=O) groups excluding carboxylic acids is 1. The summed E-state index contributed by atoms with van der Waals surface area (Å²) in [6.07, 6.45) is 2.82. The van der Waals surface area contributed by atoms with E-state index < -0.39 is 10.7 Å². The minimum absolute atomic E-state index is 0.0470. The molecule has 0 aliphatic rings. The van der Waals surface area contributed by atoms with Gasteiger partial charge in [0.05, 0.1) is 4.92 Å². The molecular weight excluding hydrogens is 274 g/mol. The molecule has 1 aromatic heterocycles. The van der Waals surface area contributed by atoms with Crippen molar-refractivity contribution >= 4 is 17.7 Å². The smallest absolute Gasteiger partial charge is 0.280 e. The fourth-order valence-electron chi connectivity index (χ4n) is 1.92. The lowest BCUT2D eigenvalue weighted by Gasteiger charge is -2.01. The number of nitrogens with zero attached hydrogens (tertiary/aromatic N) is 3. The fraction of sp³-hybridized carbons (Fsp3) is 0.0714. The number of benzene rings is 1. The number of hydrogen-bond acceptors (Lipinski definition) is 5. The normalized spacial score (nSPS) is 10.7. The van der Waals surface area contributed by atoms with Crippen molar-refractivity contribution in [3.63, 3.8) is 0 Å². The van der Waals surface area contributed by atoms with Gasteiger partial charge in [-0.2, -0.15) is 4.57 Å². The Hall–Kier alpha value is -3.09. The van der Waals surface area contributed by atoms with E-state index in [0.29, 0.717) is 5.69 Å². The van der Waals surface area contributed by atoms with Gasteiger partial charge in [0.15, 0.2) is 6.20 Å². The molecule has 0 saturated carbocycles. The Kier molecular flexibility index (Phi) is 4.35. The quantitative estimate of drug-likeness (QED) is 0.225. The molecule has 0 fully saturated rings. The Balaban J connectivity index is 2.33. The third-order valence-corrected chi connectivity index (χ3v) is 2.88. The van der Waals surface area contributed by atoms with Crippen molar-refractivity contribution in [3.05, 3.63) is 70.0 Å². The number of hydrogen-bond donors (Lipinski definition) is 1. The molecule has 0 atom stereocenters. The Morgan fingerprint density at radius 1 is 1.29 bits per heavy atom. The molecule has 0 radical (unpaired) electrons. The Labute approximate surface area is 119 Å². The van der Waals surface area contributed by atoms with Crippen molar-refractivity contribution in [1.82, 2.24) is 0 Å². The lowest BCUT2D eigenvalue weighted by atomic mass is 10.1. The summed E-state index contributed by atoms with van der Waals surface area (Å²) in [5.41, 5.74) is 0.328. The van der Waals surface area contributed by atoms with Crippen molar-refractivity contribution in [2.45, 2.75) is 6.54 Å². The van der Waals surface area contributed by atoms with Gasteiger partial charge >= 0.3 is 0 Å². The van der Waals surface area contributed by atoms with Crippen molar-refractivity contribution in [2.24, 2.45) is 5.16 Å². The third-order valence-electron chi connectivity index (χ3n) is 2.88. The molecule has 2 rings (SSSR count). The second-order valence-electron chi connectivity index (χ2n) is 4.20. The average molecular weight is 286 g/mol. The highest BCUT2D eigenvalue weighted by Gasteiger charge is 2.23. The molecule has 1 heterocycles. The predicted octanol–water partition coefficient (Wildman–Crippen LogP) is 1.57. The average Bonchev–Trinajstić information content (AvgIpc) is 2.49. The summed E-state index contributed by atoms with van der Waals surface area (Å²) in [5, 5.41) is 22.5. The van der Waals surface area contributed by atoms with Crippen LogP contribution in [0, 0.1) is 10.1 Å². The lowest BCUT2D eigenvalue weighted by molar-refractivity contribution is -0.684. The first-order valence-corrected chi connectivity index (χ1v) is 6.06. The second kappa shape index (κ2) is 6.38. The summed E-state index contributed by atoms with van der Waals surface area (Å²) < 4.78 is 1.54. The van der Waals surface area contributed by atoms with Crippen LogP contribution in [0.5, 0.6) is 0 Å². The van der Waals surface area contributed by atoms with E-state index >= 15 is 0 Å². The van der Waals surface area contributed by atoms with Gasteiger partial charge in [-0.3, -0.25) is 14.9 Å². The number of nitro benzene ring substituents is 1. The van der Waals surface area contributed by atoms with Crippen molar-refractivity contribution in [2.75, 3.05) is 0 Å². The molecular formula is C14H12N3O4+. The van der Waals surface area contributed by atoms with Crippen molar-refractivity contribution in [3.8, 4) is 0 Å². The molecule has 7 heteroatoms. The summed E-state index contributed by atoms with van der Waals surface area (Å²) in [7, 11) is 0. The van der Waals surface area contributed by atoms with Crippen LogP contribution in [0.1, 0.15) is 16.1 Å². The zero-order chi connectivity index (χ0) is 15.2. The molecule has 7 nitrogen and oxygen atoms in total. The predicted molar refractivity (Wildman–Crippen MR) is 73.4 cm³/mol. The second-order valence-corrected chi connectivity index (χ2v) is 4.20. The van der Waals surface area contributed by atoms with E-state index in [-0.39, 0.29) is 17.8 Å². The Bertz CT molecular complexity index is 713. The number of carbonyl (C=O) groups is 1. The van der Waals surface area contributed by atoms with Crippen LogP contribution in [0.25, 0.3) is 0 Å². The van der Waals surface area contributed by atoms with E-state index in [1.54, 1.807) is 35.0 Å². The van der Waals surface area contributed by atoms with Gasteiger partial charge in [-0.1, -0.05) is 17.3 Å². The highest BCUT2D eigenvalue weighted by molar-refractivity contribution is 5.98. The number of nitro groups is 1. The van der Waals surface area contributed by atoms with Gasteiger partial charge in [-0.05, 0) is 12.1 Å². The molecule has 0 aliphatic heterocycles. The summed E-state index contributed by atoms with van der Waals surface area (Å²) in [5.74, 6) is -0.397. The van der Waals surface area contributed by atoms with Crippen LogP contribution in [0.3, 0.4) is 0 Å². The maximum absolute atomic E-state index is 12.3. The summed E-state index contributed by atoms with van der Waals surface area (Å²) in [6.45, 7) is -0.0902. The molecule has 1 N–H and O–H groups in total. The molecule has 106 valence electrons. The van der Waals surface area contributed by atoms with E-state index in [9.17, 15) is 14.9 Å². The maximum Gasteiger partial charge on any atom is 0.280 e. The summed E-state index contributed by atoms with van der Waals surface area (Å²) in [4.78, 5) is 22.6. The monoisotopic (exact) mass is 286 g/mol. The van der Waals surface area contributed by atoms with E-state index in [4.69, 9.17) is 5.21 Å². The molecule has 1 aromatic carbocycles. The molecule has 0 aliphatic carbocycles. The van der Waals surface area contributed by atoms with Gasteiger partial charge in [0.25, 0.3) is 5.69 Å². The molecule has 0 amide bonds. The topological polar surface area (TPSA) is 96.7 Å². The number of pyridine rings is 1. The standard InChI is InChI=1S/C14H11N3O4/c18-14(12-6-1-2-7-13(12)17(20)21)10-16-8-4-3-5-11(16)9-15-19/h1-9H,10H2/p+1. The first kappa shape index (κ1) is 14.3. The van der Waals surface area contributed by atoms with Crippen LogP contribution in [-0.2, 0) is 6.54 Å². The van der Waals surface area contributed by atoms with Gasteiger partial charge < -0.3 is 5.21 Å². The van der Waals surface area contributed by atoms with Crippen LogP contribution < -0.4 is 4.57 Å². The number of Topliss-reactive ketones (excluding diaryl/α,β-unsaturated/α-hetero) is 1. The number of ketones is 1. The lowest BCUT2D eigenvalue weighted by Crippen LogP contribution is -2.41. The van der Waals surface area contributed by atoms with Crippen LogP contribution in [0.4, 0.5) is 5.69 Å². The number of para-hydroxylation sites is 1. The molecule has 2 aromatic rings. The number of oxime groups is 1. The Morgan fingerprint density at radius 2 is 2.00 bits per heavy atom. The molecule has 0 spiro atoms. The van der Waals surface area contributed by atoms with E-state index in [0.717, 1.165) is 0 Å². The van der Waals surface area contributed by atoms with Gasteiger partial charge in [0.1, 0.15) is 11.8 Å². The minimum atomic E-state index is -0.584. The SMILES string of the molecule is O=C(C[n+]1ccccc1C=NO)c1ccccc1[N+](=O)[O-]. The largest absolute Gasteiger partial charge is 0.411 e. The highest BCUT2D eigenvalue weighted by atomic mass is 16.6. The molecule has 21 heavy (non-hydrogen) atoms. The third kappa shape index (κ3) is 3.27. The van der Waals surface area contributed by atoms with Crippen LogP contribution >= 0.6 is 0 Å². The van der Waals surface area contributed by atoms with E-state index in [1.165, 1.54) is 24.4 Å². The zero-order valence-corrected chi connectivity index (χ0v) is 10.9. The summed E-state index contributed by atoms with van der Waals surface area (Å²) in [6, 6.07) is 10.9. The van der Waals surface area contributed by atoms with Gasteiger partial charge in [-0.25, -0.2) is 0 Å².